The lowest BCUT2D eigenvalue weighted by Gasteiger charge is -2.18. The topological polar surface area (TPSA) is 69.2 Å². The number of ether oxygens (including phenoxy) is 2. The molecule has 2 aromatic heterocycles. The van der Waals surface area contributed by atoms with Crippen LogP contribution in [0.15, 0.2) is 24.5 Å². The fourth-order valence-electron chi connectivity index (χ4n) is 1.92. The van der Waals surface area contributed by atoms with Crippen molar-refractivity contribution in [1.82, 2.24) is 20.3 Å². The molecular weight excluding hydrogens is 256 g/mol. The van der Waals surface area contributed by atoms with E-state index in [1.807, 2.05) is 32.3 Å². The van der Waals surface area contributed by atoms with Gasteiger partial charge in [0.2, 0.25) is 11.8 Å². The normalized spacial score (nSPS) is 12.0. The molecule has 2 rings (SSSR count). The summed E-state index contributed by atoms with van der Waals surface area (Å²) in [7, 11) is 4.96. The summed E-state index contributed by atoms with van der Waals surface area (Å²) >= 11 is 0. The summed E-state index contributed by atoms with van der Waals surface area (Å²) in [5, 5.41) is 3.20. The summed E-state index contributed by atoms with van der Waals surface area (Å²) in [6.07, 6.45) is 3.39. The number of aryl methyl sites for hydroxylation is 1. The molecule has 0 saturated carbocycles. The fraction of sp³-hybridized carbons (Fsp3) is 0.357. The minimum absolute atomic E-state index is 0.142. The van der Waals surface area contributed by atoms with Crippen LogP contribution in [0, 0.1) is 6.92 Å². The maximum Gasteiger partial charge on any atom is 0.240 e. The van der Waals surface area contributed by atoms with E-state index in [0.717, 1.165) is 11.3 Å². The van der Waals surface area contributed by atoms with Crippen molar-refractivity contribution in [3.05, 3.63) is 41.5 Å². The van der Waals surface area contributed by atoms with Crippen LogP contribution >= 0.6 is 0 Å². The van der Waals surface area contributed by atoms with Crippen LogP contribution in [0.2, 0.25) is 0 Å². The van der Waals surface area contributed by atoms with E-state index in [1.165, 1.54) is 0 Å². The molecule has 0 saturated heterocycles. The highest BCUT2D eigenvalue weighted by Crippen LogP contribution is 2.27. The van der Waals surface area contributed by atoms with Gasteiger partial charge in [0, 0.05) is 11.9 Å². The Morgan fingerprint density at radius 2 is 1.90 bits per heavy atom. The Bertz CT molecular complexity index is 572. The first-order chi connectivity index (χ1) is 9.69. The molecule has 0 aliphatic rings. The highest BCUT2D eigenvalue weighted by Gasteiger charge is 2.20. The molecule has 2 heterocycles. The van der Waals surface area contributed by atoms with Crippen LogP contribution in [0.25, 0.3) is 0 Å². The van der Waals surface area contributed by atoms with Crippen molar-refractivity contribution in [1.29, 1.82) is 0 Å². The largest absolute Gasteiger partial charge is 0.480 e. The third kappa shape index (κ3) is 2.85. The second kappa shape index (κ2) is 6.29. The first-order valence-corrected chi connectivity index (χ1v) is 6.24. The summed E-state index contributed by atoms with van der Waals surface area (Å²) in [5.41, 5.74) is 2.66. The average molecular weight is 274 g/mol. The standard InChI is InChI=1S/C14H18N4O2/c1-9-5-6-10(7-16-9)12(15-2)13-14(20-4)18-11(19-3)8-17-13/h5-8,12,15H,1-4H3. The predicted molar refractivity (Wildman–Crippen MR) is 75.0 cm³/mol. The number of aromatic nitrogens is 3. The summed E-state index contributed by atoms with van der Waals surface area (Å²) in [6.45, 7) is 1.95. The summed E-state index contributed by atoms with van der Waals surface area (Å²) < 4.78 is 10.4. The lowest BCUT2D eigenvalue weighted by molar-refractivity contribution is 0.353. The van der Waals surface area contributed by atoms with Gasteiger partial charge in [-0.2, -0.15) is 4.98 Å². The lowest BCUT2D eigenvalue weighted by Crippen LogP contribution is -2.20. The average Bonchev–Trinajstić information content (AvgIpc) is 2.50. The number of methoxy groups -OCH3 is 2. The van der Waals surface area contributed by atoms with E-state index >= 15 is 0 Å². The molecule has 6 heteroatoms. The Morgan fingerprint density at radius 1 is 1.10 bits per heavy atom. The molecule has 20 heavy (non-hydrogen) atoms. The smallest absolute Gasteiger partial charge is 0.240 e. The molecule has 0 bridgehead atoms. The molecule has 106 valence electrons. The Balaban J connectivity index is 2.43. The fourth-order valence-corrected chi connectivity index (χ4v) is 1.92. The number of nitrogens with one attached hydrogen (secondary N) is 1. The molecule has 1 unspecified atom stereocenters. The summed E-state index contributed by atoms with van der Waals surface area (Å²) in [4.78, 5) is 13.0. The van der Waals surface area contributed by atoms with Crippen LogP contribution in [0.3, 0.4) is 0 Å². The Kier molecular flexibility index (Phi) is 4.47. The van der Waals surface area contributed by atoms with Gasteiger partial charge in [-0.25, -0.2) is 4.98 Å². The van der Waals surface area contributed by atoms with Crippen LogP contribution in [-0.2, 0) is 0 Å². The van der Waals surface area contributed by atoms with Crippen molar-refractivity contribution in [3.63, 3.8) is 0 Å². The second-order valence-corrected chi connectivity index (χ2v) is 4.26. The van der Waals surface area contributed by atoms with E-state index in [0.29, 0.717) is 17.5 Å². The molecular formula is C14H18N4O2. The van der Waals surface area contributed by atoms with E-state index in [4.69, 9.17) is 9.47 Å². The highest BCUT2D eigenvalue weighted by molar-refractivity contribution is 5.33. The molecule has 0 aliphatic heterocycles. The lowest BCUT2D eigenvalue weighted by atomic mass is 10.1. The maximum atomic E-state index is 5.30. The van der Waals surface area contributed by atoms with Gasteiger partial charge in [-0.05, 0) is 25.6 Å². The van der Waals surface area contributed by atoms with Crippen LogP contribution in [0.5, 0.6) is 11.8 Å². The van der Waals surface area contributed by atoms with E-state index in [-0.39, 0.29) is 6.04 Å². The van der Waals surface area contributed by atoms with Crippen molar-refractivity contribution in [2.24, 2.45) is 0 Å². The minimum atomic E-state index is -0.142. The molecule has 0 radical (unpaired) electrons. The molecule has 0 spiro atoms. The zero-order valence-corrected chi connectivity index (χ0v) is 12.0. The molecule has 1 N–H and O–H groups in total. The number of rotatable bonds is 5. The van der Waals surface area contributed by atoms with Gasteiger partial charge in [-0.15, -0.1) is 0 Å². The van der Waals surface area contributed by atoms with Crippen molar-refractivity contribution < 1.29 is 9.47 Å². The quantitative estimate of drug-likeness (QED) is 0.891. The third-order valence-electron chi connectivity index (χ3n) is 2.98. The number of hydrogen-bond acceptors (Lipinski definition) is 6. The van der Waals surface area contributed by atoms with Crippen LogP contribution in [0.4, 0.5) is 0 Å². The highest BCUT2D eigenvalue weighted by atomic mass is 16.5. The Morgan fingerprint density at radius 3 is 2.45 bits per heavy atom. The minimum Gasteiger partial charge on any atom is -0.480 e. The molecule has 2 aromatic rings. The van der Waals surface area contributed by atoms with Gasteiger partial charge < -0.3 is 14.8 Å². The van der Waals surface area contributed by atoms with E-state index in [1.54, 1.807) is 20.4 Å². The molecule has 0 amide bonds. The van der Waals surface area contributed by atoms with Crippen LogP contribution in [0.1, 0.15) is 23.0 Å². The van der Waals surface area contributed by atoms with Gasteiger partial charge >= 0.3 is 0 Å². The molecule has 0 aromatic carbocycles. The van der Waals surface area contributed by atoms with Gasteiger partial charge in [0.1, 0.15) is 5.69 Å². The van der Waals surface area contributed by atoms with Crippen LogP contribution in [-0.4, -0.2) is 36.2 Å². The zero-order valence-electron chi connectivity index (χ0n) is 12.0. The summed E-state index contributed by atoms with van der Waals surface area (Å²) in [6, 6.07) is 3.83. The summed E-state index contributed by atoms with van der Waals surface area (Å²) in [5.74, 6) is 0.853. The molecule has 0 aliphatic carbocycles. The van der Waals surface area contributed by atoms with Crippen molar-refractivity contribution in [2.45, 2.75) is 13.0 Å². The Labute approximate surface area is 118 Å². The molecule has 0 fully saturated rings. The van der Waals surface area contributed by atoms with Crippen molar-refractivity contribution >= 4 is 0 Å². The van der Waals surface area contributed by atoms with Gasteiger partial charge in [-0.3, -0.25) is 4.98 Å². The van der Waals surface area contributed by atoms with Crippen LogP contribution < -0.4 is 14.8 Å². The third-order valence-corrected chi connectivity index (χ3v) is 2.98. The zero-order chi connectivity index (χ0) is 14.5. The SMILES string of the molecule is CNC(c1ccc(C)nc1)c1ncc(OC)nc1OC. The van der Waals surface area contributed by atoms with Gasteiger partial charge in [0.25, 0.3) is 0 Å². The van der Waals surface area contributed by atoms with E-state index < -0.39 is 0 Å². The number of nitrogens with zero attached hydrogens (tertiary/aromatic N) is 3. The molecule has 1 atom stereocenters. The van der Waals surface area contributed by atoms with Crippen molar-refractivity contribution in [3.8, 4) is 11.8 Å². The maximum absolute atomic E-state index is 5.30. The first-order valence-electron chi connectivity index (χ1n) is 6.24. The number of hydrogen-bond donors (Lipinski definition) is 1. The monoisotopic (exact) mass is 274 g/mol. The van der Waals surface area contributed by atoms with Gasteiger partial charge in [-0.1, -0.05) is 6.07 Å². The van der Waals surface area contributed by atoms with Crippen molar-refractivity contribution in [2.75, 3.05) is 21.3 Å². The van der Waals surface area contributed by atoms with Gasteiger partial charge in [0.05, 0.1) is 26.5 Å². The Hall–Kier alpha value is -2.21. The van der Waals surface area contributed by atoms with E-state index in [2.05, 4.69) is 20.3 Å². The van der Waals surface area contributed by atoms with Gasteiger partial charge in [0.15, 0.2) is 0 Å². The number of pyridine rings is 1. The second-order valence-electron chi connectivity index (χ2n) is 4.26. The van der Waals surface area contributed by atoms with E-state index in [9.17, 15) is 0 Å². The predicted octanol–water partition coefficient (Wildman–Crippen LogP) is 1.51. The first kappa shape index (κ1) is 14.2. The molecule has 6 nitrogen and oxygen atoms in total.